The Morgan fingerprint density at radius 1 is 0.914 bits per heavy atom. The number of benzene rings is 4. The number of aryl methyl sites for hydroxylation is 1. The van der Waals surface area contributed by atoms with Crippen LogP contribution >= 0.6 is 11.6 Å². The number of rotatable bonds is 6. The lowest BCUT2D eigenvalue weighted by Crippen LogP contribution is -2.26. The molecule has 6 heteroatoms. The topological polar surface area (TPSA) is 71.3 Å². The molecule has 1 aromatic heterocycles. The van der Waals surface area contributed by atoms with E-state index in [1.54, 1.807) is 43.4 Å². The van der Waals surface area contributed by atoms with Gasteiger partial charge in [0.05, 0.1) is 11.6 Å². The van der Waals surface area contributed by atoms with Gasteiger partial charge in [-0.05, 0) is 41.3 Å². The van der Waals surface area contributed by atoms with Crippen molar-refractivity contribution in [3.05, 3.63) is 117 Å². The van der Waals surface area contributed by atoms with Gasteiger partial charge in [-0.3, -0.25) is 9.59 Å². The quantitative estimate of drug-likeness (QED) is 0.272. The predicted octanol–water partition coefficient (Wildman–Crippen LogP) is 6.48. The average Bonchev–Trinajstić information content (AvgIpc) is 2.88. The Morgan fingerprint density at radius 2 is 1.57 bits per heavy atom. The number of pyridine rings is 1. The molecule has 5 rings (SSSR count). The van der Waals surface area contributed by atoms with Gasteiger partial charge in [-0.25, -0.2) is 0 Å². The Balaban J connectivity index is 1.57. The Labute approximate surface area is 207 Å². The summed E-state index contributed by atoms with van der Waals surface area (Å²) in [7, 11) is 1.60. The van der Waals surface area contributed by atoms with Crippen molar-refractivity contribution in [2.45, 2.75) is 12.5 Å². The molecule has 0 amide bonds. The van der Waals surface area contributed by atoms with Crippen LogP contribution in [0.4, 0.5) is 5.69 Å². The molecule has 5 aromatic rings. The van der Waals surface area contributed by atoms with Crippen LogP contribution in [0.5, 0.6) is 5.75 Å². The van der Waals surface area contributed by atoms with Crippen LogP contribution in [-0.4, -0.2) is 15.5 Å². The van der Waals surface area contributed by atoms with E-state index in [1.165, 1.54) is 4.57 Å². The van der Waals surface area contributed by atoms with Crippen molar-refractivity contribution < 1.29 is 9.90 Å². The highest BCUT2D eigenvalue weighted by molar-refractivity contribution is 6.30. The van der Waals surface area contributed by atoms with Crippen molar-refractivity contribution in [2.75, 3.05) is 5.32 Å². The second-order valence-corrected chi connectivity index (χ2v) is 8.94. The second-order valence-electron chi connectivity index (χ2n) is 8.51. The van der Waals surface area contributed by atoms with Crippen LogP contribution in [0, 0.1) is 0 Å². The zero-order chi connectivity index (χ0) is 24.5. The fraction of sp³-hybridized carbons (Fsp3) is 0.103. The number of aromatic hydroxyl groups is 1. The number of nitrogens with zero attached hydrogens (tertiary/aromatic N) is 1. The zero-order valence-corrected chi connectivity index (χ0v) is 19.8. The molecule has 4 aromatic carbocycles. The normalized spacial score (nSPS) is 12.1. The molecule has 0 aliphatic rings. The highest BCUT2D eigenvalue weighted by atomic mass is 35.5. The van der Waals surface area contributed by atoms with Gasteiger partial charge in [0, 0.05) is 35.0 Å². The molecule has 0 fully saturated rings. The van der Waals surface area contributed by atoms with Gasteiger partial charge in [-0.1, -0.05) is 72.3 Å². The maximum atomic E-state index is 13.5. The maximum Gasteiger partial charge on any atom is 0.265 e. The molecular weight excluding hydrogens is 460 g/mol. The number of halogens is 1. The van der Waals surface area contributed by atoms with E-state index in [2.05, 4.69) is 5.32 Å². The molecule has 5 nitrogen and oxygen atoms in total. The lowest BCUT2D eigenvalue weighted by Gasteiger charge is -2.22. The van der Waals surface area contributed by atoms with Crippen molar-refractivity contribution in [1.82, 2.24) is 4.57 Å². The van der Waals surface area contributed by atoms with E-state index in [9.17, 15) is 14.7 Å². The minimum Gasteiger partial charge on any atom is -0.506 e. The number of carbonyl (C=O) groups excluding carboxylic acids is 1. The van der Waals surface area contributed by atoms with Crippen LogP contribution in [0.3, 0.4) is 0 Å². The number of Topliss-reactive ketones (excluding diaryl/α,β-unsaturated/α-hetero) is 1. The van der Waals surface area contributed by atoms with Gasteiger partial charge in [-0.2, -0.15) is 0 Å². The molecular formula is C29H23ClN2O3. The van der Waals surface area contributed by atoms with Crippen LogP contribution in [0.25, 0.3) is 21.7 Å². The number of carbonyl (C=O) groups is 1. The molecule has 1 heterocycles. The first kappa shape index (κ1) is 22.7. The summed E-state index contributed by atoms with van der Waals surface area (Å²) in [5.41, 5.74) is 1.55. The molecule has 0 aliphatic heterocycles. The summed E-state index contributed by atoms with van der Waals surface area (Å²) < 4.78 is 1.40. The fourth-order valence-corrected chi connectivity index (χ4v) is 4.63. The van der Waals surface area contributed by atoms with Gasteiger partial charge in [-0.15, -0.1) is 0 Å². The predicted molar refractivity (Wildman–Crippen MR) is 142 cm³/mol. The molecule has 174 valence electrons. The molecule has 1 atom stereocenters. The van der Waals surface area contributed by atoms with Gasteiger partial charge >= 0.3 is 0 Å². The van der Waals surface area contributed by atoms with E-state index in [4.69, 9.17) is 11.6 Å². The van der Waals surface area contributed by atoms with Gasteiger partial charge < -0.3 is 15.0 Å². The summed E-state index contributed by atoms with van der Waals surface area (Å²) in [6.07, 6.45) is -0.0357. The third-order valence-electron chi connectivity index (χ3n) is 6.34. The molecule has 0 aliphatic carbocycles. The minimum absolute atomic E-state index is 0.0357. The summed E-state index contributed by atoms with van der Waals surface area (Å²) in [6, 6.07) is 27.7. The summed E-state index contributed by atoms with van der Waals surface area (Å²) >= 11 is 6.11. The molecule has 35 heavy (non-hydrogen) atoms. The second kappa shape index (κ2) is 9.28. The number of para-hydroxylation sites is 1. The lowest BCUT2D eigenvalue weighted by atomic mass is 9.96. The van der Waals surface area contributed by atoms with Crippen LogP contribution in [0.15, 0.2) is 95.8 Å². The first-order valence-electron chi connectivity index (χ1n) is 11.3. The summed E-state index contributed by atoms with van der Waals surface area (Å²) in [5.74, 6) is -0.727. The molecule has 0 saturated carbocycles. The van der Waals surface area contributed by atoms with Crippen LogP contribution in [0.2, 0.25) is 5.02 Å². The molecule has 0 radical (unpaired) electrons. The number of nitrogens with one attached hydrogen (secondary N) is 1. The fourth-order valence-electron chi connectivity index (χ4n) is 4.50. The van der Waals surface area contributed by atoms with Crippen LogP contribution in [0.1, 0.15) is 28.4 Å². The smallest absolute Gasteiger partial charge is 0.265 e. The van der Waals surface area contributed by atoms with Crippen LogP contribution < -0.4 is 10.9 Å². The Kier molecular flexibility index (Phi) is 6.01. The van der Waals surface area contributed by atoms with E-state index < -0.39 is 17.4 Å². The SMILES string of the molecule is Cn1c(=O)c(C(=O)CC(Nc2cccc3ccccc23)c2ccc(Cl)cc2)c(O)c2ccccc21. The lowest BCUT2D eigenvalue weighted by molar-refractivity contribution is 0.0972. The zero-order valence-electron chi connectivity index (χ0n) is 19.0. The monoisotopic (exact) mass is 482 g/mol. The van der Waals surface area contributed by atoms with E-state index >= 15 is 0 Å². The van der Waals surface area contributed by atoms with Crippen molar-refractivity contribution in [1.29, 1.82) is 0 Å². The Bertz CT molecular complexity index is 1620. The first-order chi connectivity index (χ1) is 16.9. The van der Waals surface area contributed by atoms with Crippen molar-refractivity contribution >= 4 is 44.7 Å². The highest BCUT2D eigenvalue weighted by Crippen LogP contribution is 2.32. The van der Waals surface area contributed by atoms with Gasteiger partial charge in [0.1, 0.15) is 11.3 Å². The minimum atomic E-state index is -0.522. The van der Waals surface area contributed by atoms with E-state index in [1.807, 2.05) is 54.6 Å². The standard InChI is InChI=1S/C29H23ClN2O3/c1-32-25-12-5-4-10-22(25)28(34)27(29(32)35)26(33)17-24(19-13-15-20(30)16-14-19)31-23-11-6-8-18-7-2-3-9-21(18)23/h2-16,24,31,34H,17H2,1H3. The van der Waals surface area contributed by atoms with Crippen molar-refractivity contribution in [2.24, 2.45) is 7.05 Å². The van der Waals surface area contributed by atoms with Gasteiger partial charge in [0.25, 0.3) is 5.56 Å². The maximum absolute atomic E-state index is 13.5. The van der Waals surface area contributed by atoms with Crippen molar-refractivity contribution in [3.63, 3.8) is 0 Å². The third-order valence-corrected chi connectivity index (χ3v) is 6.59. The molecule has 0 spiro atoms. The number of fused-ring (bicyclic) bond motifs is 2. The molecule has 0 bridgehead atoms. The molecule has 1 unspecified atom stereocenters. The third kappa shape index (κ3) is 4.27. The van der Waals surface area contributed by atoms with E-state index in [0.29, 0.717) is 15.9 Å². The van der Waals surface area contributed by atoms with E-state index in [0.717, 1.165) is 22.0 Å². The number of ketones is 1. The van der Waals surface area contributed by atoms with Crippen molar-refractivity contribution in [3.8, 4) is 5.75 Å². The summed E-state index contributed by atoms with van der Waals surface area (Å²) in [5, 5.41) is 17.5. The number of anilines is 1. The number of hydrogen-bond acceptors (Lipinski definition) is 4. The van der Waals surface area contributed by atoms with Gasteiger partial charge in [0.2, 0.25) is 0 Å². The summed E-state index contributed by atoms with van der Waals surface area (Å²) in [6.45, 7) is 0. The largest absolute Gasteiger partial charge is 0.506 e. The highest BCUT2D eigenvalue weighted by Gasteiger charge is 2.25. The Hall–Kier alpha value is -4.09. The van der Waals surface area contributed by atoms with Crippen LogP contribution in [-0.2, 0) is 7.05 Å². The number of aromatic nitrogens is 1. The molecule has 2 N–H and O–H groups in total. The molecule has 0 saturated heterocycles. The average molecular weight is 483 g/mol. The Morgan fingerprint density at radius 3 is 2.34 bits per heavy atom. The summed E-state index contributed by atoms with van der Waals surface area (Å²) in [4.78, 5) is 26.6. The number of hydrogen-bond donors (Lipinski definition) is 2. The first-order valence-corrected chi connectivity index (χ1v) is 11.7. The van der Waals surface area contributed by atoms with Gasteiger partial charge in [0.15, 0.2) is 5.78 Å². The van der Waals surface area contributed by atoms with E-state index in [-0.39, 0.29) is 17.7 Å².